The zero-order chi connectivity index (χ0) is 12.3. The van der Waals surface area contributed by atoms with Crippen molar-refractivity contribution >= 4 is 0 Å². The fourth-order valence-electron chi connectivity index (χ4n) is 2.46. The summed E-state index contributed by atoms with van der Waals surface area (Å²) in [6.07, 6.45) is 8.40. The topological polar surface area (TPSA) is 21.3 Å². The summed E-state index contributed by atoms with van der Waals surface area (Å²) >= 11 is 0. The highest BCUT2D eigenvalue weighted by molar-refractivity contribution is 5.40. The van der Waals surface area contributed by atoms with Gasteiger partial charge < -0.3 is 10.1 Å². The minimum absolute atomic E-state index is 0.363. The van der Waals surface area contributed by atoms with Crippen molar-refractivity contribution in [3.63, 3.8) is 0 Å². The van der Waals surface area contributed by atoms with E-state index in [0.29, 0.717) is 12.1 Å². The van der Waals surface area contributed by atoms with Crippen LogP contribution in [0.2, 0.25) is 0 Å². The summed E-state index contributed by atoms with van der Waals surface area (Å²) in [6.45, 7) is 2.14. The molecule has 0 saturated carbocycles. The molecule has 0 aromatic heterocycles. The lowest BCUT2D eigenvalue weighted by atomic mass is 10.1. The van der Waals surface area contributed by atoms with Crippen molar-refractivity contribution in [2.24, 2.45) is 0 Å². The fraction of sp³-hybridized carbons (Fsp3) is 0.467. The fourth-order valence-corrected chi connectivity index (χ4v) is 2.46. The molecule has 17 heavy (non-hydrogen) atoms. The third-order valence-electron chi connectivity index (χ3n) is 3.34. The number of nitrogens with one attached hydrogen (secondary N) is 1. The Morgan fingerprint density at radius 3 is 3.12 bits per heavy atom. The molecule has 0 aliphatic heterocycles. The van der Waals surface area contributed by atoms with Gasteiger partial charge in [-0.2, -0.15) is 0 Å². The quantitative estimate of drug-likeness (QED) is 0.801. The number of hydrogen-bond donors (Lipinski definition) is 1. The zero-order valence-corrected chi connectivity index (χ0v) is 10.5. The standard InChI is InChI=1S/C15H19NO/c1-4-5-11(2)16-15-9-7-12-6-8-13(17-3)10-14(12)15/h1,6,8,10-11,15-16H,5,7,9H2,2-3H3. The Kier molecular flexibility index (Phi) is 3.71. The number of fused-ring (bicyclic) bond motifs is 1. The van der Waals surface area contributed by atoms with Gasteiger partial charge in [0.05, 0.1) is 7.11 Å². The summed E-state index contributed by atoms with van der Waals surface area (Å²) in [5.74, 6) is 3.63. The summed E-state index contributed by atoms with van der Waals surface area (Å²) < 4.78 is 5.28. The monoisotopic (exact) mass is 229 g/mol. The van der Waals surface area contributed by atoms with E-state index in [2.05, 4.69) is 30.3 Å². The third-order valence-corrected chi connectivity index (χ3v) is 3.34. The number of benzene rings is 1. The summed E-state index contributed by atoms with van der Waals surface area (Å²) in [5.41, 5.74) is 2.80. The summed E-state index contributed by atoms with van der Waals surface area (Å²) in [6, 6.07) is 7.13. The van der Waals surface area contributed by atoms with Crippen LogP contribution in [0.15, 0.2) is 18.2 Å². The number of rotatable bonds is 4. The zero-order valence-electron chi connectivity index (χ0n) is 10.5. The van der Waals surface area contributed by atoms with E-state index in [1.165, 1.54) is 11.1 Å². The van der Waals surface area contributed by atoms with Crippen LogP contribution in [0.25, 0.3) is 0 Å². The number of methoxy groups -OCH3 is 1. The molecule has 1 aliphatic carbocycles. The highest BCUT2D eigenvalue weighted by atomic mass is 16.5. The normalized spacial score (nSPS) is 19.5. The van der Waals surface area contributed by atoms with E-state index in [-0.39, 0.29) is 0 Å². The summed E-state index contributed by atoms with van der Waals surface area (Å²) in [7, 11) is 1.71. The van der Waals surface area contributed by atoms with Crippen molar-refractivity contribution in [2.45, 2.75) is 38.3 Å². The molecule has 0 saturated heterocycles. The van der Waals surface area contributed by atoms with E-state index in [0.717, 1.165) is 25.0 Å². The lowest BCUT2D eigenvalue weighted by Crippen LogP contribution is -2.28. The molecule has 0 fully saturated rings. The molecular weight excluding hydrogens is 210 g/mol. The van der Waals surface area contributed by atoms with Gasteiger partial charge in [0, 0.05) is 18.5 Å². The Morgan fingerprint density at radius 1 is 1.59 bits per heavy atom. The molecule has 0 radical (unpaired) electrons. The van der Waals surface area contributed by atoms with Crippen LogP contribution in [0.4, 0.5) is 0 Å². The molecule has 1 aromatic carbocycles. The van der Waals surface area contributed by atoms with E-state index >= 15 is 0 Å². The second kappa shape index (κ2) is 5.25. The molecule has 0 heterocycles. The maximum absolute atomic E-state index is 5.33. The van der Waals surface area contributed by atoms with Crippen molar-refractivity contribution in [2.75, 3.05) is 7.11 Å². The first-order valence-corrected chi connectivity index (χ1v) is 6.11. The first-order chi connectivity index (χ1) is 8.24. The van der Waals surface area contributed by atoms with E-state index < -0.39 is 0 Å². The molecule has 90 valence electrons. The van der Waals surface area contributed by atoms with Gasteiger partial charge in [0.2, 0.25) is 0 Å². The molecule has 0 spiro atoms. The lowest BCUT2D eigenvalue weighted by Gasteiger charge is -2.19. The highest BCUT2D eigenvalue weighted by Gasteiger charge is 2.23. The van der Waals surface area contributed by atoms with Crippen molar-refractivity contribution in [3.8, 4) is 18.1 Å². The molecule has 2 heteroatoms. The van der Waals surface area contributed by atoms with Gasteiger partial charge in [-0.25, -0.2) is 0 Å². The molecule has 2 unspecified atom stereocenters. The average Bonchev–Trinajstić information content (AvgIpc) is 2.72. The molecule has 1 aromatic rings. The number of ether oxygens (including phenoxy) is 1. The molecule has 1 aliphatic rings. The van der Waals surface area contributed by atoms with Crippen molar-refractivity contribution in [3.05, 3.63) is 29.3 Å². The van der Waals surface area contributed by atoms with Gasteiger partial charge in [-0.3, -0.25) is 0 Å². The maximum atomic E-state index is 5.33. The van der Waals surface area contributed by atoms with E-state index in [4.69, 9.17) is 11.2 Å². The average molecular weight is 229 g/mol. The van der Waals surface area contributed by atoms with Crippen LogP contribution >= 0.6 is 0 Å². The van der Waals surface area contributed by atoms with Crippen molar-refractivity contribution in [1.29, 1.82) is 0 Å². The molecule has 0 bridgehead atoms. The Labute approximate surface area is 103 Å². The van der Waals surface area contributed by atoms with Crippen LogP contribution in [-0.2, 0) is 6.42 Å². The minimum atomic E-state index is 0.363. The Hall–Kier alpha value is -1.46. The number of terminal acetylenes is 1. The minimum Gasteiger partial charge on any atom is -0.497 e. The van der Waals surface area contributed by atoms with Gasteiger partial charge in [-0.05, 0) is 43.0 Å². The van der Waals surface area contributed by atoms with Crippen LogP contribution < -0.4 is 10.1 Å². The first-order valence-electron chi connectivity index (χ1n) is 6.11. The molecule has 2 rings (SSSR count). The van der Waals surface area contributed by atoms with Crippen LogP contribution in [0.3, 0.4) is 0 Å². The van der Waals surface area contributed by atoms with Gasteiger partial charge in [0.15, 0.2) is 0 Å². The maximum Gasteiger partial charge on any atom is 0.119 e. The van der Waals surface area contributed by atoms with Crippen LogP contribution in [0, 0.1) is 12.3 Å². The van der Waals surface area contributed by atoms with Gasteiger partial charge in [0.1, 0.15) is 5.75 Å². The lowest BCUT2D eigenvalue weighted by molar-refractivity contribution is 0.412. The number of aryl methyl sites for hydroxylation is 1. The van der Waals surface area contributed by atoms with Gasteiger partial charge in [-0.1, -0.05) is 6.07 Å². The third kappa shape index (κ3) is 2.62. The van der Waals surface area contributed by atoms with Crippen molar-refractivity contribution in [1.82, 2.24) is 5.32 Å². The SMILES string of the molecule is C#CCC(C)NC1CCc2ccc(OC)cc21. The molecule has 1 N–H and O–H groups in total. The summed E-state index contributed by atoms with van der Waals surface area (Å²) in [4.78, 5) is 0. The highest BCUT2D eigenvalue weighted by Crippen LogP contribution is 2.34. The second-order valence-corrected chi connectivity index (χ2v) is 4.63. The Morgan fingerprint density at radius 2 is 2.41 bits per heavy atom. The Bertz CT molecular complexity index is 433. The van der Waals surface area contributed by atoms with Gasteiger partial charge >= 0.3 is 0 Å². The van der Waals surface area contributed by atoms with Gasteiger partial charge in [-0.15, -0.1) is 12.3 Å². The predicted molar refractivity (Wildman–Crippen MR) is 70.1 cm³/mol. The first kappa shape index (κ1) is 12.0. The largest absolute Gasteiger partial charge is 0.497 e. The van der Waals surface area contributed by atoms with Gasteiger partial charge in [0.25, 0.3) is 0 Å². The van der Waals surface area contributed by atoms with E-state index in [9.17, 15) is 0 Å². The van der Waals surface area contributed by atoms with Crippen LogP contribution in [-0.4, -0.2) is 13.2 Å². The van der Waals surface area contributed by atoms with E-state index in [1.54, 1.807) is 7.11 Å². The van der Waals surface area contributed by atoms with E-state index in [1.807, 2.05) is 6.07 Å². The Balaban J connectivity index is 2.12. The molecular formula is C15H19NO. The molecule has 2 atom stereocenters. The smallest absolute Gasteiger partial charge is 0.119 e. The predicted octanol–water partition coefficient (Wildman–Crippen LogP) is 2.68. The van der Waals surface area contributed by atoms with Crippen LogP contribution in [0.5, 0.6) is 5.75 Å². The second-order valence-electron chi connectivity index (χ2n) is 4.63. The van der Waals surface area contributed by atoms with Crippen molar-refractivity contribution < 1.29 is 4.74 Å². The summed E-state index contributed by atoms with van der Waals surface area (Å²) in [5, 5.41) is 3.59. The molecule has 0 amide bonds. The molecule has 2 nitrogen and oxygen atoms in total. The van der Waals surface area contributed by atoms with Crippen LogP contribution in [0.1, 0.15) is 36.9 Å². The number of hydrogen-bond acceptors (Lipinski definition) is 2.